The van der Waals surface area contributed by atoms with Crippen LogP contribution in [0, 0.1) is 0 Å². The van der Waals surface area contributed by atoms with Gasteiger partial charge in [0.15, 0.2) is 5.82 Å². The summed E-state index contributed by atoms with van der Waals surface area (Å²) in [5, 5.41) is 4.02. The molecule has 0 radical (unpaired) electrons. The minimum atomic E-state index is -0.274. The predicted molar refractivity (Wildman–Crippen MR) is 75.6 cm³/mol. The van der Waals surface area contributed by atoms with E-state index in [0.717, 1.165) is 57.3 Å². The fraction of sp³-hybridized carbons (Fsp3) is 0.800. The maximum absolute atomic E-state index is 12.6. The van der Waals surface area contributed by atoms with Gasteiger partial charge in [-0.25, -0.2) is 0 Å². The molecule has 2 aliphatic heterocycles. The number of hydrogen-bond acceptors (Lipinski definition) is 5. The number of hydrogen-bond donors (Lipinski definition) is 0. The van der Waals surface area contributed by atoms with E-state index in [1.165, 1.54) is 0 Å². The first-order chi connectivity index (χ1) is 10.3. The topological polar surface area (TPSA) is 68.5 Å². The van der Waals surface area contributed by atoms with Crippen LogP contribution in [0.4, 0.5) is 0 Å². The maximum Gasteiger partial charge on any atom is 0.252 e. The van der Waals surface area contributed by atoms with Crippen molar-refractivity contribution in [2.24, 2.45) is 0 Å². The number of amides is 1. The molecule has 0 N–H and O–H groups in total. The highest BCUT2D eigenvalue weighted by atomic mass is 16.5. The molecule has 0 aromatic carbocycles. The highest BCUT2D eigenvalue weighted by molar-refractivity contribution is 5.81. The molecule has 6 heteroatoms. The smallest absolute Gasteiger partial charge is 0.252 e. The minimum absolute atomic E-state index is 0.0754. The molecule has 2 aliphatic rings. The second-order valence-corrected chi connectivity index (χ2v) is 5.84. The van der Waals surface area contributed by atoms with Crippen molar-refractivity contribution in [1.29, 1.82) is 0 Å². The summed E-state index contributed by atoms with van der Waals surface area (Å²) in [6.45, 7) is 3.54. The Hall–Kier alpha value is -1.43. The van der Waals surface area contributed by atoms with E-state index in [4.69, 9.17) is 9.26 Å². The lowest BCUT2D eigenvalue weighted by atomic mass is 10.0. The van der Waals surface area contributed by atoms with Gasteiger partial charge in [-0.2, -0.15) is 4.98 Å². The van der Waals surface area contributed by atoms with Gasteiger partial charge in [-0.05, 0) is 38.5 Å². The van der Waals surface area contributed by atoms with Gasteiger partial charge >= 0.3 is 0 Å². The lowest BCUT2D eigenvalue weighted by Gasteiger charge is -2.34. The molecule has 2 fully saturated rings. The quantitative estimate of drug-likeness (QED) is 0.851. The lowest BCUT2D eigenvalue weighted by Crippen LogP contribution is -2.44. The van der Waals surface area contributed by atoms with Crippen molar-refractivity contribution in [3.05, 3.63) is 11.7 Å². The normalized spacial score (nSPS) is 26.2. The molecule has 0 aliphatic carbocycles. The molecule has 0 saturated carbocycles. The molecule has 1 aromatic heterocycles. The number of ether oxygens (including phenoxy) is 1. The average Bonchev–Trinajstić information content (AvgIpc) is 3.18. The number of piperidine rings is 1. The second kappa shape index (κ2) is 6.56. The van der Waals surface area contributed by atoms with Crippen LogP contribution in [0.25, 0.3) is 0 Å². The summed E-state index contributed by atoms with van der Waals surface area (Å²) in [4.78, 5) is 19.0. The molecule has 116 valence electrons. The summed E-state index contributed by atoms with van der Waals surface area (Å²) in [5.41, 5.74) is 0. The maximum atomic E-state index is 12.6. The molecule has 2 atom stereocenters. The average molecular weight is 293 g/mol. The molecule has 0 bridgehead atoms. The summed E-state index contributed by atoms with van der Waals surface area (Å²) in [6.07, 6.45) is 6.34. The Morgan fingerprint density at radius 2 is 2.24 bits per heavy atom. The van der Waals surface area contributed by atoms with E-state index in [2.05, 4.69) is 17.1 Å². The molecule has 1 aromatic rings. The molecule has 3 rings (SSSR count). The van der Waals surface area contributed by atoms with Crippen LogP contribution in [0.3, 0.4) is 0 Å². The Bertz CT molecular complexity index is 482. The molecule has 6 nitrogen and oxygen atoms in total. The van der Waals surface area contributed by atoms with Crippen LogP contribution >= 0.6 is 0 Å². The van der Waals surface area contributed by atoms with Crippen LogP contribution in [0.2, 0.25) is 0 Å². The summed E-state index contributed by atoms with van der Waals surface area (Å²) in [5.74, 6) is 1.42. The third-order valence-corrected chi connectivity index (χ3v) is 4.23. The van der Waals surface area contributed by atoms with Crippen LogP contribution < -0.4 is 0 Å². The molecule has 21 heavy (non-hydrogen) atoms. The van der Waals surface area contributed by atoms with E-state index in [1.54, 1.807) is 0 Å². The summed E-state index contributed by atoms with van der Waals surface area (Å²) in [7, 11) is 0. The Balaban J connectivity index is 1.75. The number of likely N-dealkylation sites (tertiary alicyclic amines) is 1. The Labute approximate surface area is 124 Å². The zero-order valence-electron chi connectivity index (χ0n) is 12.6. The van der Waals surface area contributed by atoms with E-state index < -0.39 is 0 Å². The summed E-state index contributed by atoms with van der Waals surface area (Å²) < 4.78 is 10.9. The predicted octanol–water partition coefficient (Wildman–Crippen LogP) is 2.25. The Kier molecular flexibility index (Phi) is 4.53. The fourth-order valence-electron chi connectivity index (χ4n) is 3.14. The van der Waals surface area contributed by atoms with Gasteiger partial charge in [0.25, 0.3) is 5.91 Å². The standard InChI is InChI=1S/C15H23N3O3/c1-2-6-13-16-14(21-17-13)11-7-3-4-9-18(11)15(19)12-8-5-10-20-12/h11-12H,2-10H2,1H3/t11-,12-/m0/s1. The molecule has 0 unspecified atom stereocenters. The Morgan fingerprint density at radius 3 is 3.00 bits per heavy atom. The van der Waals surface area contributed by atoms with Gasteiger partial charge in [-0.1, -0.05) is 12.1 Å². The van der Waals surface area contributed by atoms with E-state index in [9.17, 15) is 4.79 Å². The van der Waals surface area contributed by atoms with Crippen molar-refractivity contribution >= 4 is 5.91 Å². The number of aromatic nitrogens is 2. The molecule has 0 spiro atoms. The number of aryl methyl sites for hydroxylation is 1. The van der Waals surface area contributed by atoms with E-state index in [-0.39, 0.29) is 18.1 Å². The van der Waals surface area contributed by atoms with Gasteiger partial charge in [0.05, 0.1) is 0 Å². The zero-order valence-corrected chi connectivity index (χ0v) is 12.6. The van der Waals surface area contributed by atoms with Crippen molar-refractivity contribution in [3.8, 4) is 0 Å². The van der Waals surface area contributed by atoms with Crippen molar-refractivity contribution in [2.45, 2.75) is 64.0 Å². The van der Waals surface area contributed by atoms with Crippen molar-refractivity contribution in [2.75, 3.05) is 13.2 Å². The zero-order chi connectivity index (χ0) is 14.7. The van der Waals surface area contributed by atoms with Gasteiger partial charge in [0.1, 0.15) is 12.1 Å². The van der Waals surface area contributed by atoms with Gasteiger partial charge < -0.3 is 14.2 Å². The van der Waals surface area contributed by atoms with E-state index >= 15 is 0 Å². The largest absolute Gasteiger partial charge is 0.368 e. The third-order valence-electron chi connectivity index (χ3n) is 4.23. The summed E-state index contributed by atoms with van der Waals surface area (Å²) in [6, 6.07) is -0.0754. The number of rotatable bonds is 4. The first kappa shape index (κ1) is 14.5. The van der Waals surface area contributed by atoms with Gasteiger partial charge in [-0.3, -0.25) is 4.79 Å². The molecular formula is C15H23N3O3. The number of carbonyl (C=O) groups excluding carboxylic acids is 1. The van der Waals surface area contributed by atoms with Crippen LogP contribution in [-0.4, -0.2) is 40.2 Å². The highest BCUT2D eigenvalue weighted by Crippen LogP contribution is 2.31. The number of nitrogens with zero attached hydrogens (tertiary/aromatic N) is 3. The van der Waals surface area contributed by atoms with Crippen LogP contribution in [0.1, 0.15) is 63.2 Å². The molecule has 1 amide bonds. The SMILES string of the molecule is CCCc1noc([C@@H]2CCCCN2C(=O)[C@@H]2CCCO2)n1. The van der Waals surface area contributed by atoms with E-state index in [0.29, 0.717) is 12.5 Å². The molecule has 3 heterocycles. The van der Waals surface area contributed by atoms with Gasteiger partial charge in [0, 0.05) is 19.6 Å². The van der Waals surface area contributed by atoms with Crippen molar-refractivity contribution < 1.29 is 14.1 Å². The minimum Gasteiger partial charge on any atom is -0.368 e. The van der Waals surface area contributed by atoms with Crippen LogP contribution in [-0.2, 0) is 16.0 Å². The first-order valence-corrected chi connectivity index (χ1v) is 8.04. The molecule has 2 saturated heterocycles. The van der Waals surface area contributed by atoms with Gasteiger partial charge in [0.2, 0.25) is 5.89 Å². The van der Waals surface area contributed by atoms with Crippen LogP contribution in [0.15, 0.2) is 4.52 Å². The van der Waals surface area contributed by atoms with Gasteiger partial charge in [-0.15, -0.1) is 0 Å². The van der Waals surface area contributed by atoms with Crippen molar-refractivity contribution in [1.82, 2.24) is 15.0 Å². The fourth-order valence-corrected chi connectivity index (χ4v) is 3.14. The van der Waals surface area contributed by atoms with E-state index in [1.807, 2.05) is 4.90 Å². The second-order valence-electron chi connectivity index (χ2n) is 5.84. The number of carbonyl (C=O) groups is 1. The third kappa shape index (κ3) is 3.10. The van der Waals surface area contributed by atoms with Crippen molar-refractivity contribution in [3.63, 3.8) is 0 Å². The highest BCUT2D eigenvalue weighted by Gasteiger charge is 2.36. The first-order valence-electron chi connectivity index (χ1n) is 8.04. The Morgan fingerprint density at radius 1 is 1.33 bits per heavy atom. The monoisotopic (exact) mass is 293 g/mol. The van der Waals surface area contributed by atoms with Crippen LogP contribution in [0.5, 0.6) is 0 Å². The lowest BCUT2D eigenvalue weighted by molar-refractivity contribution is -0.145. The molecular weight excluding hydrogens is 270 g/mol. The summed E-state index contributed by atoms with van der Waals surface area (Å²) >= 11 is 0.